The van der Waals surface area contributed by atoms with Crippen LogP contribution in [-0.4, -0.2) is 66.5 Å². The SMILES string of the molecule is CC(C)CNC(=O)[C@H](C(C)C)[C@@H](O)[C@H](O)[C@H](Cc1cc(F)cc(F)c1)NC(=O)c1csc(NS(C)(=O)=O)n1. The third-order valence-electron chi connectivity index (χ3n) is 5.54. The zero-order chi connectivity index (χ0) is 28.8. The van der Waals surface area contributed by atoms with Gasteiger partial charge in [-0.05, 0) is 36.0 Å². The molecule has 2 aromatic rings. The molecule has 2 amide bonds. The maximum absolute atomic E-state index is 13.8. The van der Waals surface area contributed by atoms with Crippen LogP contribution in [0.15, 0.2) is 23.6 Å². The van der Waals surface area contributed by atoms with Crippen molar-refractivity contribution >= 4 is 38.3 Å². The number of benzene rings is 1. The van der Waals surface area contributed by atoms with E-state index < -0.39 is 63.6 Å². The van der Waals surface area contributed by atoms with E-state index in [1.54, 1.807) is 13.8 Å². The average molecular weight is 577 g/mol. The van der Waals surface area contributed by atoms with Gasteiger partial charge in [0.25, 0.3) is 5.91 Å². The summed E-state index contributed by atoms with van der Waals surface area (Å²) in [4.78, 5) is 29.7. The summed E-state index contributed by atoms with van der Waals surface area (Å²) in [6, 6.07) is 1.41. The van der Waals surface area contributed by atoms with Gasteiger partial charge >= 0.3 is 0 Å². The Morgan fingerprint density at radius 3 is 2.18 bits per heavy atom. The molecule has 14 heteroatoms. The fourth-order valence-electron chi connectivity index (χ4n) is 3.79. The number of nitrogens with one attached hydrogen (secondary N) is 3. The first kappa shape index (κ1) is 31.5. The highest BCUT2D eigenvalue weighted by Gasteiger charge is 2.39. The lowest BCUT2D eigenvalue weighted by Crippen LogP contribution is -2.55. The highest BCUT2D eigenvalue weighted by atomic mass is 32.2. The van der Waals surface area contributed by atoms with Gasteiger partial charge in [0.1, 0.15) is 23.4 Å². The van der Waals surface area contributed by atoms with Gasteiger partial charge in [0.05, 0.1) is 24.3 Å². The van der Waals surface area contributed by atoms with Crippen molar-refractivity contribution in [3.63, 3.8) is 0 Å². The van der Waals surface area contributed by atoms with Gasteiger partial charge in [-0.15, -0.1) is 11.3 Å². The Kier molecular flexibility index (Phi) is 11.1. The maximum atomic E-state index is 13.8. The number of hydrogen-bond donors (Lipinski definition) is 5. The quantitative estimate of drug-likeness (QED) is 0.244. The van der Waals surface area contributed by atoms with Gasteiger partial charge in [-0.1, -0.05) is 27.7 Å². The van der Waals surface area contributed by atoms with Crippen LogP contribution in [0.4, 0.5) is 13.9 Å². The van der Waals surface area contributed by atoms with E-state index in [1.807, 2.05) is 13.8 Å². The van der Waals surface area contributed by atoms with Crippen molar-refractivity contribution in [2.45, 2.75) is 52.4 Å². The topological polar surface area (TPSA) is 158 Å². The number of aliphatic hydroxyl groups excluding tert-OH is 2. The van der Waals surface area contributed by atoms with Crippen molar-refractivity contribution in [2.24, 2.45) is 17.8 Å². The molecule has 0 spiro atoms. The molecule has 0 fully saturated rings. The Morgan fingerprint density at radius 1 is 1.05 bits per heavy atom. The molecule has 0 saturated heterocycles. The first-order chi connectivity index (χ1) is 17.6. The maximum Gasteiger partial charge on any atom is 0.271 e. The van der Waals surface area contributed by atoms with Gasteiger partial charge in [0.15, 0.2) is 5.13 Å². The minimum Gasteiger partial charge on any atom is -0.390 e. The van der Waals surface area contributed by atoms with Crippen LogP contribution in [0.2, 0.25) is 0 Å². The molecule has 4 atom stereocenters. The number of carbonyl (C=O) groups excluding carboxylic acids is 2. The normalized spacial score (nSPS) is 15.1. The fourth-order valence-corrected chi connectivity index (χ4v) is 5.33. The van der Waals surface area contributed by atoms with Gasteiger partial charge in [-0.2, -0.15) is 0 Å². The van der Waals surface area contributed by atoms with E-state index in [9.17, 15) is 37.0 Å². The predicted molar refractivity (Wildman–Crippen MR) is 140 cm³/mol. The summed E-state index contributed by atoms with van der Waals surface area (Å²) in [7, 11) is -3.64. The van der Waals surface area contributed by atoms with Crippen LogP contribution in [0.5, 0.6) is 0 Å². The molecule has 1 heterocycles. The number of carbonyl (C=O) groups is 2. The number of hydrogen-bond acceptors (Lipinski definition) is 8. The minimum atomic E-state index is -3.64. The fraction of sp³-hybridized carbons (Fsp3) is 0.542. The van der Waals surface area contributed by atoms with Crippen LogP contribution in [0.1, 0.15) is 43.7 Å². The summed E-state index contributed by atoms with van der Waals surface area (Å²) < 4.78 is 52.7. The molecule has 0 unspecified atom stereocenters. The summed E-state index contributed by atoms with van der Waals surface area (Å²) in [5.74, 6) is -4.38. The second-order valence-corrected chi connectivity index (χ2v) is 12.5. The van der Waals surface area contributed by atoms with Gasteiger partial charge in [-0.3, -0.25) is 14.3 Å². The molecular formula is C24H34F2N4O6S2. The third kappa shape index (κ3) is 9.57. The van der Waals surface area contributed by atoms with Crippen LogP contribution in [-0.2, 0) is 21.2 Å². The zero-order valence-corrected chi connectivity index (χ0v) is 23.4. The standard InChI is InChI=1S/C24H34F2N4O6S2/c1-12(2)10-27-23(34)19(13(3)4)21(32)20(31)17(8-14-6-15(25)9-16(26)7-14)28-22(33)18-11-37-24(29-18)30-38(5,35)36/h6-7,9,11-13,17,19-21,31-32H,8,10H2,1-5H3,(H,27,34)(H,28,33)(H,29,30)/t17-,19+,20+,21+/m0/s1. The third-order valence-corrected chi connectivity index (χ3v) is 6.99. The lowest BCUT2D eigenvalue weighted by molar-refractivity contribution is -0.135. The van der Waals surface area contributed by atoms with Crippen molar-refractivity contribution in [1.29, 1.82) is 0 Å². The molecule has 2 rings (SSSR count). The van der Waals surface area contributed by atoms with Crippen molar-refractivity contribution in [3.8, 4) is 0 Å². The van der Waals surface area contributed by atoms with E-state index in [0.717, 1.165) is 29.7 Å². The van der Waals surface area contributed by atoms with Crippen LogP contribution in [0, 0.1) is 29.4 Å². The first-order valence-electron chi connectivity index (χ1n) is 11.9. The molecule has 38 heavy (non-hydrogen) atoms. The van der Waals surface area contributed by atoms with E-state index in [4.69, 9.17) is 0 Å². The van der Waals surface area contributed by atoms with Crippen LogP contribution in [0.3, 0.4) is 0 Å². The summed E-state index contributed by atoms with van der Waals surface area (Å²) in [6.07, 6.45) is -2.75. The van der Waals surface area contributed by atoms with Crippen LogP contribution < -0.4 is 15.4 Å². The molecule has 1 aromatic heterocycles. The zero-order valence-electron chi connectivity index (χ0n) is 21.7. The number of nitrogens with zero attached hydrogens (tertiary/aromatic N) is 1. The lowest BCUT2D eigenvalue weighted by Gasteiger charge is -2.33. The van der Waals surface area contributed by atoms with Gasteiger partial charge in [0.2, 0.25) is 15.9 Å². The van der Waals surface area contributed by atoms with Crippen molar-refractivity contribution in [2.75, 3.05) is 17.5 Å². The van der Waals surface area contributed by atoms with E-state index in [0.29, 0.717) is 12.6 Å². The summed E-state index contributed by atoms with van der Waals surface area (Å²) >= 11 is 0.849. The van der Waals surface area contributed by atoms with Crippen molar-refractivity contribution in [1.82, 2.24) is 15.6 Å². The molecule has 5 N–H and O–H groups in total. The molecular weight excluding hydrogens is 542 g/mol. The van der Waals surface area contributed by atoms with Gasteiger partial charge in [0, 0.05) is 18.0 Å². The second-order valence-electron chi connectivity index (χ2n) is 9.86. The number of thiazole rings is 1. The molecule has 0 bridgehead atoms. The lowest BCUT2D eigenvalue weighted by atomic mass is 9.83. The Bertz CT molecular complexity index is 1200. The number of aliphatic hydroxyl groups is 2. The Morgan fingerprint density at radius 2 is 1.66 bits per heavy atom. The molecule has 0 aliphatic heterocycles. The number of amides is 2. The number of rotatable bonds is 13. The van der Waals surface area contributed by atoms with Gasteiger partial charge < -0.3 is 20.8 Å². The number of aromatic nitrogens is 1. The van der Waals surface area contributed by atoms with E-state index in [-0.39, 0.29) is 28.7 Å². The summed E-state index contributed by atoms with van der Waals surface area (Å²) in [5.41, 5.74) is -0.101. The molecule has 0 aliphatic rings. The van der Waals surface area contributed by atoms with E-state index in [2.05, 4.69) is 20.3 Å². The molecule has 0 aliphatic carbocycles. The van der Waals surface area contributed by atoms with E-state index in [1.165, 1.54) is 5.38 Å². The predicted octanol–water partition coefficient (Wildman–Crippen LogP) is 1.90. The minimum absolute atomic E-state index is 0.0660. The van der Waals surface area contributed by atoms with E-state index >= 15 is 0 Å². The Labute approximate surface area is 224 Å². The largest absolute Gasteiger partial charge is 0.390 e. The molecule has 1 aromatic carbocycles. The summed E-state index contributed by atoms with van der Waals surface area (Å²) in [5, 5.41) is 28.6. The van der Waals surface area contributed by atoms with Crippen molar-refractivity contribution < 1.29 is 37.0 Å². The smallest absolute Gasteiger partial charge is 0.271 e. The second kappa shape index (κ2) is 13.4. The Hall–Kier alpha value is -2.68. The number of anilines is 1. The number of halogens is 2. The highest BCUT2D eigenvalue weighted by Crippen LogP contribution is 2.23. The molecule has 0 radical (unpaired) electrons. The number of sulfonamides is 1. The molecule has 10 nitrogen and oxygen atoms in total. The monoisotopic (exact) mass is 576 g/mol. The van der Waals surface area contributed by atoms with Crippen molar-refractivity contribution in [3.05, 3.63) is 46.5 Å². The average Bonchev–Trinajstić information content (AvgIpc) is 3.22. The molecule has 212 valence electrons. The molecule has 0 saturated carbocycles. The highest BCUT2D eigenvalue weighted by molar-refractivity contribution is 7.92. The van der Waals surface area contributed by atoms with Crippen LogP contribution in [0.25, 0.3) is 0 Å². The van der Waals surface area contributed by atoms with Gasteiger partial charge in [-0.25, -0.2) is 22.2 Å². The first-order valence-corrected chi connectivity index (χ1v) is 14.7. The Balaban J connectivity index is 2.35. The van der Waals surface area contributed by atoms with Crippen LogP contribution >= 0.6 is 11.3 Å². The summed E-state index contributed by atoms with van der Waals surface area (Å²) in [6.45, 7) is 7.53.